The highest BCUT2D eigenvalue weighted by molar-refractivity contribution is 5.85. The Morgan fingerprint density at radius 1 is 1.24 bits per heavy atom. The molecule has 2 rings (SSSR count). The first-order valence-corrected chi connectivity index (χ1v) is 7.37. The molecule has 0 aromatic heterocycles. The van der Waals surface area contributed by atoms with Crippen LogP contribution in [0.5, 0.6) is 5.75 Å². The van der Waals surface area contributed by atoms with Crippen molar-refractivity contribution < 1.29 is 14.3 Å². The van der Waals surface area contributed by atoms with Crippen molar-refractivity contribution in [1.82, 2.24) is 10.6 Å². The Kier molecular flexibility index (Phi) is 5.59. The van der Waals surface area contributed by atoms with Crippen molar-refractivity contribution in [1.29, 1.82) is 0 Å². The maximum absolute atomic E-state index is 12.4. The number of carbonyl (C=O) groups excluding carboxylic acids is 1. The first-order valence-electron chi connectivity index (χ1n) is 7.37. The number of piperidine rings is 1. The minimum Gasteiger partial charge on any atom is -0.497 e. The Hall–Kier alpha value is -1.59. The van der Waals surface area contributed by atoms with Crippen LogP contribution in [0.1, 0.15) is 18.4 Å². The fraction of sp³-hybridized carbons (Fsp3) is 0.562. The van der Waals surface area contributed by atoms with Gasteiger partial charge in [-0.15, -0.1) is 0 Å². The Labute approximate surface area is 126 Å². The maximum Gasteiger partial charge on any atom is 0.252 e. The number of hydrogen-bond donors (Lipinski definition) is 2. The summed E-state index contributed by atoms with van der Waals surface area (Å²) in [6.45, 7) is 2.25. The lowest BCUT2D eigenvalue weighted by Crippen LogP contribution is -2.54. The van der Waals surface area contributed by atoms with Gasteiger partial charge < -0.3 is 20.1 Å². The second-order valence-electron chi connectivity index (χ2n) is 5.30. The molecule has 21 heavy (non-hydrogen) atoms. The maximum atomic E-state index is 12.4. The van der Waals surface area contributed by atoms with Crippen molar-refractivity contribution in [2.75, 3.05) is 33.9 Å². The summed E-state index contributed by atoms with van der Waals surface area (Å²) in [6.07, 6.45) is 2.24. The zero-order valence-electron chi connectivity index (χ0n) is 12.8. The van der Waals surface area contributed by atoms with E-state index in [4.69, 9.17) is 9.47 Å². The molecule has 1 aliphatic rings. The van der Waals surface area contributed by atoms with E-state index in [2.05, 4.69) is 10.6 Å². The number of ether oxygens (including phenoxy) is 2. The predicted molar refractivity (Wildman–Crippen MR) is 81.6 cm³/mol. The molecule has 1 saturated heterocycles. The number of hydrogen-bond acceptors (Lipinski definition) is 4. The van der Waals surface area contributed by atoms with Crippen LogP contribution >= 0.6 is 0 Å². The molecule has 1 fully saturated rings. The van der Waals surface area contributed by atoms with E-state index in [0.717, 1.165) is 38.1 Å². The van der Waals surface area contributed by atoms with E-state index in [9.17, 15) is 4.79 Å². The molecule has 116 valence electrons. The van der Waals surface area contributed by atoms with Crippen LogP contribution in [0.15, 0.2) is 24.3 Å². The van der Waals surface area contributed by atoms with Crippen molar-refractivity contribution in [3.8, 4) is 5.75 Å². The summed E-state index contributed by atoms with van der Waals surface area (Å²) in [5.74, 6) is 0.843. The van der Waals surface area contributed by atoms with Gasteiger partial charge in [0, 0.05) is 13.7 Å². The molecule has 0 aliphatic carbocycles. The Morgan fingerprint density at radius 2 is 1.90 bits per heavy atom. The lowest BCUT2D eigenvalue weighted by molar-refractivity contribution is -0.146. The topological polar surface area (TPSA) is 59.6 Å². The second-order valence-corrected chi connectivity index (χ2v) is 5.30. The van der Waals surface area contributed by atoms with Gasteiger partial charge in [-0.3, -0.25) is 4.79 Å². The molecule has 5 nitrogen and oxygen atoms in total. The average molecular weight is 292 g/mol. The third kappa shape index (κ3) is 3.95. The zero-order chi connectivity index (χ0) is 15.1. The molecule has 0 bridgehead atoms. The highest BCUT2D eigenvalue weighted by Gasteiger charge is 2.39. The van der Waals surface area contributed by atoms with E-state index < -0.39 is 5.60 Å². The molecule has 0 radical (unpaired) electrons. The number of carbonyl (C=O) groups is 1. The summed E-state index contributed by atoms with van der Waals surface area (Å²) >= 11 is 0. The minimum atomic E-state index is -0.662. The number of methoxy groups -OCH3 is 2. The first kappa shape index (κ1) is 15.8. The molecule has 0 saturated carbocycles. The lowest BCUT2D eigenvalue weighted by atomic mass is 9.91. The van der Waals surface area contributed by atoms with Crippen LogP contribution in [0.25, 0.3) is 0 Å². The summed E-state index contributed by atoms with van der Waals surface area (Å²) in [5, 5.41) is 6.25. The molecule has 5 heteroatoms. The molecule has 0 spiro atoms. The van der Waals surface area contributed by atoms with E-state index in [0.29, 0.717) is 6.54 Å². The molecular formula is C16H24N2O3. The highest BCUT2D eigenvalue weighted by Crippen LogP contribution is 2.22. The fourth-order valence-corrected chi connectivity index (χ4v) is 2.63. The predicted octanol–water partition coefficient (Wildman–Crippen LogP) is 1.12. The lowest BCUT2D eigenvalue weighted by Gasteiger charge is -2.34. The largest absolute Gasteiger partial charge is 0.497 e. The first-order chi connectivity index (χ1) is 10.2. The number of nitrogens with one attached hydrogen (secondary N) is 2. The van der Waals surface area contributed by atoms with Gasteiger partial charge in [-0.1, -0.05) is 12.1 Å². The van der Waals surface area contributed by atoms with Crippen molar-refractivity contribution in [2.45, 2.75) is 24.9 Å². The molecule has 1 amide bonds. The number of amides is 1. The van der Waals surface area contributed by atoms with Gasteiger partial charge in [0.05, 0.1) is 7.11 Å². The quantitative estimate of drug-likeness (QED) is 0.825. The number of benzene rings is 1. The summed E-state index contributed by atoms with van der Waals surface area (Å²) in [4.78, 5) is 12.4. The summed E-state index contributed by atoms with van der Waals surface area (Å²) in [6, 6.07) is 7.89. The van der Waals surface area contributed by atoms with Crippen molar-refractivity contribution in [3.63, 3.8) is 0 Å². The third-order valence-electron chi connectivity index (χ3n) is 4.07. The summed E-state index contributed by atoms with van der Waals surface area (Å²) < 4.78 is 10.6. The van der Waals surface area contributed by atoms with E-state index in [1.807, 2.05) is 24.3 Å². The smallest absolute Gasteiger partial charge is 0.252 e. The Morgan fingerprint density at radius 3 is 2.48 bits per heavy atom. The van der Waals surface area contributed by atoms with Crippen LogP contribution in [0.3, 0.4) is 0 Å². The van der Waals surface area contributed by atoms with E-state index in [-0.39, 0.29) is 5.91 Å². The van der Waals surface area contributed by atoms with Crippen molar-refractivity contribution >= 4 is 5.91 Å². The normalized spacial score (nSPS) is 17.2. The summed E-state index contributed by atoms with van der Waals surface area (Å²) in [5.41, 5.74) is 0.512. The minimum absolute atomic E-state index is 0.0000108. The monoisotopic (exact) mass is 292 g/mol. The SMILES string of the molecule is COc1ccc(CCNC(=O)C2(OC)CCNCC2)cc1. The van der Waals surface area contributed by atoms with E-state index in [1.165, 1.54) is 5.56 Å². The molecule has 2 N–H and O–H groups in total. The van der Waals surface area contributed by atoms with Crippen LogP contribution in [0, 0.1) is 0 Å². The van der Waals surface area contributed by atoms with Crippen LogP contribution < -0.4 is 15.4 Å². The van der Waals surface area contributed by atoms with Gasteiger partial charge in [-0.25, -0.2) is 0 Å². The molecular weight excluding hydrogens is 268 g/mol. The fourth-order valence-electron chi connectivity index (χ4n) is 2.63. The van der Waals surface area contributed by atoms with E-state index >= 15 is 0 Å². The molecule has 1 heterocycles. The Bertz CT molecular complexity index is 453. The van der Waals surface area contributed by atoms with Crippen molar-refractivity contribution in [3.05, 3.63) is 29.8 Å². The number of rotatable bonds is 6. The van der Waals surface area contributed by atoms with Gasteiger partial charge in [0.2, 0.25) is 0 Å². The average Bonchev–Trinajstić information content (AvgIpc) is 2.56. The van der Waals surface area contributed by atoms with Crippen molar-refractivity contribution in [2.24, 2.45) is 0 Å². The molecule has 1 aliphatic heterocycles. The van der Waals surface area contributed by atoms with Gasteiger partial charge in [0.25, 0.3) is 5.91 Å². The highest BCUT2D eigenvalue weighted by atomic mass is 16.5. The van der Waals surface area contributed by atoms with Crippen LogP contribution in [0.2, 0.25) is 0 Å². The third-order valence-corrected chi connectivity index (χ3v) is 4.07. The molecule has 1 aromatic rings. The zero-order valence-corrected chi connectivity index (χ0v) is 12.8. The van der Waals surface area contributed by atoms with Gasteiger partial charge in [-0.05, 0) is 50.0 Å². The second kappa shape index (κ2) is 7.43. The standard InChI is InChI=1S/C16H24N2O3/c1-20-14-5-3-13(4-6-14)7-10-18-15(19)16(21-2)8-11-17-12-9-16/h3-6,17H,7-12H2,1-2H3,(H,18,19). The summed E-state index contributed by atoms with van der Waals surface area (Å²) in [7, 11) is 3.27. The van der Waals surface area contributed by atoms with Gasteiger partial charge in [0.1, 0.15) is 11.4 Å². The Balaban J connectivity index is 1.82. The molecule has 0 atom stereocenters. The van der Waals surface area contributed by atoms with Crippen LogP contribution in [-0.2, 0) is 16.0 Å². The van der Waals surface area contributed by atoms with Gasteiger partial charge >= 0.3 is 0 Å². The molecule has 1 aromatic carbocycles. The van der Waals surface area contributed by atoms with Crippen LogP contribution in [0.4, 0.5) is 0 Å². The molecule has 0 unspecified atom stereocenters. The van der Waals surface area contributed by atoms with E-state index in [1.54, 1.807) is 14.2 Å². The van der Waals surface area contributed by atoms with Crippen LogP contribution in [-0.4, -0.2) is 45.4 Å². The van der Waals surface area contributed by atoms with Gasteiger partial charge in [0.15, 0.2) is 0 Å². The van der Waals surface area contributed by atoms with Gasteiger partial charge in [-0.2, -0.15) is 0 Å².